The van der Waals surface area contributed by atoms with Gasteiger partial charge in [0.1, 0.15) is 6.10 Å². The van der Waals surface area contributed by atoms with Gasteiger partial charge in [0.2, 0.25) is 0 Å². The average Bonchev–Trinajstić information content (AvgIpc) is 2.26. The van der Waals surface area contributed by atoms with Gasteiger partial charge in [-0.25, -0.2) is 0 Å². The molecule has 2 nitrogen and oxygen atoms in total. The molecule has 19 heavy (non-hydrogen) atoms. The minimum absolute atomic E-state index is 0.0453. The van der Waals surface area contributed by atoms with Crippen molar-refractivity contribution in [1.82, 2.24) is 0 Å². The topological polar surface area (TPSA) is 26.3 Å². The minimum Gasteiger partial charge on any atom is -0.462 e. The van der Waals surface area contributed by atoms with Crippen LogP contribution in [0, 0.1) is 17.8 Å². The normalized spacial score (nSPS) is 30.2. The highest BCUT2D eigenvalue weighted by atomic mass is 28.3. The Morgan fingerprint density at radius 1 is 1.16 bits per heavy atom. The third-order valence-electron chi connectivity index (χ3n) is 4.88. The zero-order valence-corrected chi connectivity index (χ0v) is 14.8. The Morgan fingerprint density at radius 2 is 1.74 bits per heavy atom. The largest absolute Gasteiger partial charge is 0.462 e. The number of carbonyl (C=O) groups excluding carboxylic acids is 1. The van der Waals surface area contributed by atoms with Crippen molar-refractivity contribution < 1.29 is 9.53 Å². The Bertz CT molecular complexity index is 306. The second-order valence-corrected chi connectivity index (χ2v) is 13.5. The Morgan fingerprint density at radius 3 is 2.21 bits per heavy atom. The summed E-state index contributed by atoms with van der Waals surface area (Å²) in [5.41, 5.74) is 0.0949. The van der Waals surface area contributed by atoms with E-state index < -0.39 is 8.07 Å². The summed E-state index contributed by atoms with van der Waals surface area (Å²) in [5.74, 6) is 1.89. The second-order valence-electron chi connectivity index (χ2n) is 7.89. The summed E-state index contributed by atoms with van der Waals surface area (Å²) < 4.78 is 5.92. The molecule has 0 aromatic rings. The summed E-state index contributed by atoms with van der Waals surface area (Å²) in [7, 11) is -1.45. The first-order valence-electron chi connectivity index (χ1n) is 7.83. The van der Waals surface area contributed by atoms with Gasteiger partial charge in [-0.15, -0.1) is 0 Å². The van der Waals surface area contributed by atoms with Crippen LogP contribution in [0.2, 0.25) is 25.2 Å². The van der Waals surface area contributed by atoms with Gasteiger partial charge < -0.3 is 4.74 Å². The van der Waals surface area contributed by atoms with Crippen LogP contribution in [0.1, 0.15) is 47.0 Å². The lowest BCUT2D eigenvalue weighted by Crippen LogP contribution is -2.40. The van der Waals surface area contributed by atoms with Crippen molar-refractivity contribution in [1.29, 1.82) is 0 Å². The van der Waals surface area contributed by atoms with E-state index in [9.17, 15) is 4.79 Å². The van der Waals surface area contributed by atoms with Gasteiger partial charge in [-0.1, -0.05) is 53.8 Å². The first-order chi connectivity index (χ1) is 8.62. The van der Waals surface area contributed by atoms with Gasteiger partial charge in [-0.05, 0) is 30.6 Å². The maximum Gasteiger partial charge on any atom is 0.306 e. The predicted molar refractivity (Wildman–Crippen MR) is 84.0 cm³/mol. The van der Waals surface area contributed by atoms with E-state index in [-0.39, 0.29) is 17.6 Å². The number of rotatable bonds is 4. The number of hydrogen-bond acceptors (Lipinski definition) is 2. The molecule has 0 unspecified atom stereocenters. The molecule has 0 aliphatic heterocycles. The smallest absolute Gasteiger partial charge is 0.306 e. The van der Waals surface area contributed by atoms with E-state index in [1.165, 1.54) is 12.8 Å². The summed E-state index contributed by atoms with van der Waals surface area (Å²) in [5, 5.41) is 0. The molecule has 112 valence electrons. The van der Waals surface area contributed by atoms with E-state index in [0.717, 1.165) is 6.42 Å². The van der Waals surface area contributed by atoms with Gasteiger partial charge >= 0.3 is 5.97 Å². The molecule has 1 fully saturated rings. The quantitative estimate of drug-likeness (QED) is 0.551. The van der Waals surface area contributed by atoms with Crippen LogP contribution in [-0.2, 0) is 9.53 Å². The van der Waals surface area contributed by atoms with E-state index in [2.05, 4.69) is 40.4 Å². The molecule has 0 saturated heterocycles. The van der Waals surface area contributed by atoms with Gasteiger partial charge in [0.05, 0.1) is 8.07 Å². The fourth-order valence-corrected chi connectivity index (χ4v) is 3.63. The molecule has 0 aromatic carbocycles. The lowest BCUT2D eigenvalue weighted by molar-refractivity contribution is -0.155. The highest BCUT2D eigenvalue weighted by Gasteiger charge is 2.36. The summed E-state index contributed by atoms with van der Waals surface area (Å²) >= 11 is 0. The molecule has 0 N–H and O–H groups in total. The monoisotopic (exact) mass is 284 g/mol. The van der Waals surface area contributed by atoms with Crippen LogP contribution < -0.4 is 0 Å². The Labute approximate surface area is 120 Å². The van der Waals surface area contributed by atoms with Crippen molar-refractivity contribution in [3.8, 4) is 0 Å². The highest BCUT2D eigenvalue weighted by molar-refractivity contribution is 6.80. The van der Waals surface area contributed by atoms with Gasteiger partial charge in [0, 0.05) is 5.54 Å². The highest BCUT2D eigenvalue weighted by Crippen LogP contribution is 2.36. The second kappa shape index (κ2) is 6.42. The van der Waals surface area contributed by atoms with Gasteiger partial charge in [-0.3, -0.25) is 4.79 Å². The van der Waals surface area contributed by atoms with Crippen LogP contribution in [0.5, 0.6) is 0 Å². The first kappa shape index (κ1) is 16.7. The maximum atomic E-state index is 12.3. The fraction of sp³-hybridized carbons (Fsp3) is 0.938. The van der Waals surface area contributed by atoms with Crippen LogP contribution in [0.3, 0.4) is 0 Å². The molecule has 0 bridgehead atoms. The van der Waals surface area contributed by atoms with Crippen LogP contribution in [0.4, 0.5) is 0 Å². The SMILES string of the molecule is CC(C)[C@H]1CC[C@@H](C)C[C@@H]1OC(=O)[C@H](C)[Si](C)(C)C. The van der Waals surface area contributed by atoms with E-state index in [1.54, 1.807) is 0 Å². The molecule has 0 amide bonds. The van der Waals surface area contributed by atoms with Crippen molar-refractivity contribution in [3.05, 3.63) is 0 Å². The number of esters is 1. The number of carbonyl (C=O) groups is 1. The standard InChI is InChI=1S/C16H32O2Si/c1-11(2)14-9-8-12(3)10-15(14)18-16(17)13(4)19(5,6)7/h11-15H,8-10H2,1-7H3/t12-,13+,14-,15+/m1/s1. The molecule has 1 saturated carbocycles. The lowest BCUT2D eigenvalue weighted by Gasteiger charge is -2.38. The van der Waals surface area contributed by atoms with E-state index >= 15 is 0 Å². The molecule has 3 heteroatoms. The summed E-state index contributed by atoms with van der Waals surface area (Å²) in [6.45, 7) is 15.5. The lowest BCUT2D eigenvalue weighted by atomic mass is 9.75. The third kappa shape index (κ3) is 4.62. The zero-order valence-electron chi connectivity index (χ0n) is 13.8. The zero-order chi connectivity index (χ0) is 14.8. The van der Waals surface area contributed by atoms with E-state index in [1.807, 2.05) is 6.92 Å². The first-order valence-corrected chi connectivity index (χ1v) is 11.4. The molecule has 1 aliphatic rings. The molecular formula is C16H32O2Si. The molecule has 4 atom stereocenters. The van der Waals surface area contributed by atoms with Gasteiger partial charge in [0.25, 0.3) is 0 Å². The number of ether oxygens (including phenoxy) is 1. The van der Waals surface area contributed by atoms with Crippen molar-refractivity contribution >= 4 is 14.0 Å². The number of hydrogen-bond donors (Lipinski definition) is 0. The summed E-state index contributed by atoms with van der Waals surface area (Å²) in [6.07, 6.45) is 3.68. The molecule has 0 heterocycles. The predicted octanol–water partition coefficient (Wildman–Crippen LogP) is 4.72. The summed E-state index contributed by atoms with van der Waals surface area (Å²) in [6, 6.07) is 0. The molecule has 1 rings (SSSR count). The minimum atomic E-state index is -1.45. The van der Waals surface area contributed by atoms with Crippen molar-refractivity contribution in [2.45, 2.75) is 78.2 Å². The molecule has 1 aliphatic carbocycles. The van der Waals surface area contributed by atoms with E-state index in [0.29, 0.717) is 17.8 Å². The fourth-order valence-electron chi connectivity index (χ4n) is 2.86. The Hall–Kier alpha value is -0.313. The molecular weight excluding hydrogens is 252 g/mol. The Kier molecular flexibility index (Phi) is 5.66. The Balaban J connectivity index is 2.69. The van der Waals surface area contributed by atoms with Crippen LogP contribution in [0.15, 0.2) is 0 Å². The van der Waals surface area contributed by atoms with Crippen LogP contribution in [-0.4, -0.2) is 20.1 Å². The molecule has 0 radical (unpaired) electrons. The van der Waals surface area contributed by atoms with Crippen LogP contribution >= 0.6 is 0 Å². The van der Waals surface area contributed by atoms with Crippen molar-refractivity contribution in [2.75, 3.05) is 0 Å². The maximum absolute atomic E-state index is 12.3. The molecule has 0 spiro atoms. The average molecular weight is 285 g/mol. The van der Waals surface area contributed by atoms with Gasteiger partial charge in [0.15, 0.2) is 0 Å². The summed E-state index contributed by atoms with van der Waals surface area (Å²) in [4.78, 5) is 12.3. The van der Waals surface area contributed by atoms with Gasteiger partial charge in [-0.2, -0.15) is 0 Å². The van der Waals surface area contributed by atoms with E-state index in [4.69, 9.17) is 4.74 Å². The third-order valence-corrected chi connectivity index (χ3v) is 7.72. The van der Waals surface area contributed by atoms with Crippen LogP contribution in [0.25, 0.3) is 0 Å². The van der Waals surface area contributed by atoms with Crippen molar-refractivity contribution in [2.24, 2.45) is 17.8 Å². The molecule has 0 aromatic heterocycles. The van der Waals surface area contributed by atoms with Crippen molar-refractivity contribution in [3.63, 3.8) is 0 Å².